The maximum atomic E-state index is 9.16. The summed E-state index contributed by atoms with van der Waals surface area (Å²) in [5.41, 5.74) is 0. The second-order valence-electron chi connectivity index (χ2n) is 2.09. The highest BCUT2D eigenvalue weighted by molar-refractivity contribution is 8.31. The number of hydrogen-bond donors (Lipinski definition) is 0. The van der Waals surface area contributed by atoms with Gasteiger partial charge in [-0.1, -0.05) is 39.5 Å². The van der Waals surface area contributed by atoms with Crippen molar-refractivity contribution in [3.63, 3.8) is 0 Å². The van der Waals surface area contributed by atoms with Crippen LogP contribution in [0.1, 0.15) is 39.5 Å². The van der Waals surface area contributed by atoms with Gasteiger partial charge in [0.05, 0.1) is 0 Å². The van der Waals surface area contributed by atoms with E-state index in [1.54, 1.807) is 0 Å². The van der Waals surface area contributed by atoms with Crippen LogP contribution in [0.5, 0.6) is 0 Å². The average Bonchev–Trinajstić information content (AvgIpc) is 1.79. The van der Waals surface area contributed by atoms with Crippen LogP contribution in [0.25, 0.3) is 0 Å². The van der Waals surface area contributed by atoms with E-state index >= 15 is 0 Å². The Morgan fingerprint density at radius 2 is 1.18 bits per heavy atom. The molecule has 0 saturated heterocycles. The lowest BCUT2D eigenvalue weighted by atomic mass is 10.2. The van der Waals surface area contributed by atoms with Crippen LogP contribution < -0.4 is 0 Å². The Balaban J connectivity index is 0. The summed E-state index contributed by atoms with van der Waals surface area (Å²) in [6.45, 7) is 4.46. The summed E-state index contributed by atoms with van der Waals surface area (Å²) in [6, 6.07) is 0. The van der Waals surface area contributed by atoms with E-state index in [1.165, 1.54) is 25.7 Å². The van der Waals surface area contributed by atoms with Gasteiger partial charge in [0.2, 0.25) is 0 Å². The van der Waals surface area contributed by atoms with Crippen molar-refractivity contribution in [3.8, 4) is 0 Å². The van der Waals surface area contributed by atoms with Crippen LogP contribution in [0, 0.1) is 0 Å². The lowest BCUT2D eigenvalue weighted by Crippen LogP contribution is -1.66. The Bertz CT molecular complexity index is 142. The molecular weight excluding hydrogens is 207 g/mol. The van der Waals surface area contributed by atoms with Gasteiger partial charge in [0.1, 0.15) is 0 Å². The van der Waals surface area contributed by atoms with Crippen LogP contribution >= 0.6 is 21.4 Å². The van der Waals surface area contributed by atoms with Crippen molar-refractivity contribution in [2.75, 3.05) is 0 Å². The smallest absolute Gasteiger partial charge is 0.195 e. The highest BCUT2D eigenvalue weighted by atomic mass is 36.0. The minimum absolute atomic E-state index is 1.36. The molecule has 0 N–H and O–H groups in total. The van der Waals surface area contributed by atoms with Crippen molar-refractivity contribution >= 4 is 29.6 Å². The molecule has 0 aromatic rings. The van der Waals surface area contributed by atoms with Crippen molar-refractivity contribution in [1.29, 1.82) is 0 Å². The molecule has 0 amide bonds. The molecule has 5 heteroatoms. The van der Waals surface area contributed by atoms with E-state index in [2.05, 4.69) is 35.2 Å². The van der Waals surface area contributed by atoms with E-state index in [-0.39, 0.29) is 0 Å². The second-order valence-corrected chi connectivity index (χ2v) is 5.75. The molecular formula is C6H14Cl2O2S. The fourth-order valence-electron chi connectivity index (χ4n) is 0.500. The zero-order valence-electron chi connectivity index (χ0n) is 6.81. The molecule has 11 heavy (non-hydrogen) atoms. The molecule has 0 heterocycles. The number of hydrogen-bond acceptors (Lipinski definition) is 2. The first-order valence-corrected chi connectivity index (χ1v) is 6.69. The minimum atomic E-state index is -3.72. The standard InChI is InChI=1S/C6H14.Cl2O2S/c1-3-5-6-4-2;1-5(2,3)4/h3-6H2,1-2H3;. The van der Waals surface area contributed by atoms with Gasteiger partial charge >= 0.3 is 8.26 Å². The molecule has 0 aliphatic rings. The fraction of sp³-hybridized carbons (Fsp3) is 1.00. The molecule has 0 saturated carbocycles. The Labute approximate surface area is 77.8 Å². The van der Waals surface area contributed by atoms with Gasteiger partial charge in [0.15, 0.2) is 0 Å². The summed E-state index contributed by atoms with van der Waals surface area (Å²) < 4.78 is 18.3. The highest BCUT2D eigenvalue weighted by Crippen LogP contribution is 1.98. The van der Waals surface area contributed by atoms with Gasteiger partial charge in [0, 0.05) is 21.4 Å². The van der Waals surface area contributed by atoms with Crippen molar-refractivity contribution in [2.24, 2.45) is 0 Å². The molecule has 0 spiro atoms. The third-order valence-electron chi connectivity index (χ3n) is 0.957. The van der Waals surface area contributed by atoms with Gasteiger partial charge in [-0.15, -0.1) is 0 Å². The van der Waals surface area contributed by atoms with E-state index in [9.17, 15) is 0 Å². The van der Waals surface area contributed by atoms with Gasteiger partial charge in [-0.3, -0.25) is 0 Å². The molecule has 0 aromatic carbocycles. The van der Waals surface area contributed by atoms with Gasteiger partial charge in [-0.25, -0.2) is 0 Å². The molecule has 0 unspecified atom stereocenters. The van der Waals surface area contributed by atoms with Gasteiger partial charge < -0.3 is 0 Å². The minimum Gasteiger partial charge on any atom is -0.195 e. The quantitative estimate of drug-likeness (QED) is 0.541. The molecule has 0 aliphatic carbocycles. The number of unbranched alkanes of at least 4 members (excludes halogenated alkanes) is 3. The average molecular weight is 221 g/mol. The summed E-state index contributed by atoms with van der Waals surface area (Å²) in [7, 11) is 4.81. The zero-order chi connectivity index (χ0) is 9.33. The zero-order valence-corrected chi connectivity index (χ0v) is 9.14. The molecule has 2 nitrogen and oxygen atoms in total. The largest absolute Gasteiger partial charge is 0.317 e. The second kappa shape index (κ2) is 8.62. The van der Waals surface area contributed by atoms with Crippen LogP contribution in [0.4, 0.5) is 0 Å². The summed E-state index contributed by atoms with van der Waals surface area (Å²) >= 11 is 0. The maximum Gasteiger partial charge on any atom is 0.317 e. The number of halogens is 2. The summed E-state index contributed by atoms with van der Waals surface area (Å²) in [5, 5.41) is 0. The van der Waals surface area contributed by atoms with E-state index in [1.807, 2.05) is 0 Å². The van der Waals surface area contributed by atoms with Crippen LogP contribution in [-0.2, 0) is 8.26 Å². The third-order valence-corrected chi connectivity index (χ3v) is 0.957. The van der Waals surface area contributed by atoms with Crippen molar-refractivity contribution in [3.05, 3.63) is 0 Å². The molecule has 70 valence electrons. The fourth-order valence-corrected chi connectivity index (χ4v) is 0.500. The topological polar surface area (TPSA) is 34.1 Å². The molecule has 0 rings (SSSR count). The van der Waals surface area contributed by atoms with Gasteiger partial charge in [-0.05, 0) is 0 Å². The molecule has 0 atom stereocenters. The highest BCUT2D eigenvalue weighted by Gasteiger charge is 1.88. The van der Waals surface area contributed by atoms with E-state index in [4.69, 9.17) is 8.42 Å². The Morgan fingerprint density at radius 1 is 1.00 bits per heavy atom. The Kier molecular flexibility index (Phi) is 11.0. The Morgan fingerprint density at radius 3 is 1.27 bits per heavy atom. The predicted octanol–water partition coefficient (Wildman–Crippen LogP) is 3.30. The van der Waals surface area contributed by atoms with Crippen LogP contribution in [0.2, 0.25) is 0 Å². The molecule has 0 bridgehead atoms. The normalized spacial score (nSPS) is 10.2. The van der Waals surface area contributed by atoms with Gasteiger partial charge in [-0.2, -0.15) is 8.42 Å². The van der Waals surface area contributed by atoms with E-state index < -0.39 is 8.26 Å². The maximum absolute atomic E-state index is 9.16. The van der Waals surface area contributed by atoms with Crippen LogP contribution in [-0.4, -0.2) is 8.42 Å². The third kappa shape index (κ3) is 61.5. The molecule has 0 aromatic heterocycles. The van der Waals surface area contributed by atoms with E-state index in [0.717, 1.165) is 0 Å². The molecule has 0 fully saturated rings. The van der Waals surface area contributed by atoms with Crippen LogP contribution in [0.3, 0.4) is 0 Å². The predicted molar refractivity (Wildman–Crippen MR) is 50.4 cm³/mol. The first kappa shape index (κ1) is 14.1. The van der Waals surface area contributed by atoms with E-state index in [0.29, 0.717) is 0 Å². The van der Waals surface area contributed by atoms with Crippen molar-refractivity contribution in [2.45, 2.75) is 39.5 Å². The lowest BCUT2D eigenvalue weighted by Gasteiger charge is -1.86. The lowest BCUT2D eigenvalue weighted by molar-refractivity contribution is 0.621. The summed E-state index contributed by atoms with van der Waals surface area (Å²) in [4.78, 5) is 0. The molecule has 0 radical (unpaired) electrons. The van der Waals surface area contributed by atoms with Crippen molar-refractivity contribution in [1.82, 2.24) is 0 Å². The first-order valence-electron chi connectivity index (χ1n) is 3.56. The summed E-state index contributed by atoms with van der Waals surface area (Å²) in [5.74, 6) is 0. The van der Waals surface area contributed by atoms with Crippen LogP contribution in [0.15, 0.2) is 0 Å². The Hall–Kier alpha value is 0.530. The first-order chi connectivity index (χ1) is 4.91. The summed E-state index contributed by atoms with van der Waals surface area (Å²) in [6.07, 6.45) is 5.54. The monoisotopic (exact) mass is 220 g/mol. The van der Waals surface area contributed by atoms with Gasteiger partial charge in [0.25, 0.3) is 0 Å². The number of rotatable bonds is 3. The van der Waals surface area contributed by atoms with Crippen molar-refractivity contribution < 1.29 is 8.42 Å². The SMILES string of the molecule is CCCCCC.O=S(=O)(Cl)Cl. The molecule has 0 aliphatic heterocycles.